The normalized spacial score (nSPS) is 10.9. The quantitative estimate of drug-likeness (QED) is 0.779. The van der Waals surface area contributed by atoms with Gasteiger partial charge >= 0.3 is 5.97 Å². The molecule has 1 heterocycles. The van der Waals surface area contributed by atoms with E-state index in [1.165, 1.54) is 10.6 Å². The van der Waals surface area contributed by atoms with Crippen molar-refractivity contribution in [3.63, 3.8) is 0 Å². The number of carbonyl (C=O) groups is 1. The molecule has 0 atom stereocenters. The van der Waals surface area contributed by atoms with E-state index in [1.54, 1.807) is 26.1 Å². The largest absolute Gasteiger partial charge is 0.477 e. The standard InChI is InChI=1S/C11H10FNO2/c1-6-9-7(12)4-3-5-8(9)13(2)10(6)11(14)15/h3-5H,1-2H3,(H,14,15). The molecule has 0 aliphatic heterocycles. The molecule has 2 rings (SSSR count). The summed E-state index contributed by atoms with van der Waals surface area (Å²) in [6, 6.07) is 4.61. The molecule has 0 radical (unpaired) electrons. The average Bonchev–Trinajstić information content (AvgIpc) is 2.40. The highest BCUT2D eigenvalue weighted by Gasteiger charge is 2.19. The predicted molar refractivity (Wildman–Crippen MR) is 54.6 cm³/mol. The fourth-order valence-corrected chi connectivity index (χ4v) is 1.96. The Kier molecular flexibility index (Phi) is 2.00. The molecule has 1 N–H and O–H groups in total. The zero-order valence-corrected chi connectivity index (χ0v) is 8.41. The highest BCUT2D eigenvalue weighted by atomic mass is 19.1. The molecule has 0 saturated carbocycles. The van der Waals surface area contributed by atoms with Crippen LogP contribution in [-0.4, -0.2) is 15.6 Å². The van der Waals surface area contributed by atoms with Crippen LogP contribution in [0.2, 0.25) is 0 Å². The topological polar surface area (TPSA) is 42.2 Å². The van der Waals surface area contributed by atoms with Crippen molar-refractivity contribution in [1.82, 2.24) is 4.57 Å². The van der Waals surface area contributed by atoms with E-state index in [9.17, 15) is 9.18 Å². The van der Waals surface area contributed by atoms with Crippen molar-refractivity contribution in [1.29, 1.82) is 0 Å². The van der Waals surface area contributed by atoms with Gasteiger partial charge in [0.15, 0.2) is 0 Å². The van der Waals surface area contributed by atoms with Gasteiger partial charge in [-0.15, -0.1) is 0 Å². The van der Waals surface area contributed by atoms with E-state index < -0.39 is 5.97 Å². The summed E-state index contributed by atoms with van der Waals surface area (Å²) in [6.07, 6.45) is 0. The van der Waals surface area contributed by atoms with Gasteiger partial charge < -0.3 is 9.67 Å². The molecule has 1 aromatic heterocycles. The molecule has 15 heavy (non-hydrogen) atoms. The maximum atomic E-state index is 13.5. The molecule has 2 aromatic rings. The summed E-state index contributed by atoms with van der Waals surface area (Å²) in [4.78, 5) is 11.0. The lowest BCUT2D eigenvalue weighted by molar-refractivity contribution is 0.0686. The van der Waals surface area contributed by atoms with Gasteiger partial charge in [0, 0.05) is 12.4 Å². The number of hydrogen-bond acceptors (Lipinski definition) is 1. The molecule has 0 saturated heterocycles. The van der Waals surface area contributed by atoms with Gasteiger partial charge in [-0.3, -0.25) is 0 Å². The van der Waals surface area contributed by atoms with Crippen LogP contribution in [0.4, 0.5) is 4.39 Å². The number of hydrogen-bond donors (Lipinski definition) is 1. The summed E-state index contributed by atoms with van der Waals surface area (Å²) < 4.78 is 15.0. The molecule has 0 unspecified atom stereocenters. The molecule has 0 bridgehead atoms. The molecular formula is C11H10FNO2. The fourth-order valence-electron chi connectivity index (χ4n) is 1.96. The van der Waals surface area contributed by atoms with E-state index in [-0.39, 0.29) is 11.5 Å². The third-order valence-corrected chi connectivity index (χ3v) is 2.62. The fraction of sp³-hybridized carbons (Fsp3) is 0.182. The molecule has 0 aliphatic carbocycles. The van der Waals surface area contributed by atoms with E-state index in [1.807, 2.05) is 0 Å². The number of aromatic carboxylic acids is 1. The number of benzene rings is 1. The Morgan fingerprint density at radius 3 is 2.67 bits per heavy atom. The Bertz CT molecular complexity index is 557. The predicted octanol–water partition coefficient (Wildman–Crippen LogP) is 2.32. The number of carboxylic acids is 1. The van der Waals surface area contributed by atoms with E-state index in [2.05, 4.69) is 0 Å². The van der Waals surface area contributed by atoms with Crippen LogP contribution in [0, 0.1) is 12.7 Å². The first-order chi connectivity index (χ1) is 7.04. The number of nitrogens with zero attached hydrogens (tertiary/aromatic N) is 1. The van der Waals surface area contributed by atoms with Crippen LogP contribution in [0.1, 0.15) is 16.1 Å². The smallest absolute Gasteiger partial charge is 0.352 e. The Balaban J connectivity index is 2.98. The number of aromatic nitrogens is 1. The second-order valence-electron chi connectivity index (χ2n) is 3.47. The zero-order chi connectivity index (χ0) is 11.2. The first-order valence-electron chi connectivity index (χ1n) is 4.51. The minimum atomic E-state index is -1.04. The van der Waals surface area contributed by atoms with Crippen LogP contribution in [0.5, 0.6) is 0 Å². The van der Waals surface area contributed by atoms with Gasteiger partial charge in [0.05, 0.1) is 5.52 Å². The molecule has 0 aliphatic rings. The van der Waals surface area contributed by atoms with Crippen LogP contribution in [0.15, 0.2) is 18.2 Å². The molecule has 0 spiro atoms. The Hall–Kier alpha value is -1.84. The van der Waals surface area contributed by atoms with Gasteiger partial charge in [0.2, 0.25) is 0 Å². The number of carboxylic acid groups (broad SMARTS) is 1. The first-order valence-corrected chi connectivity index (χ1v) is 4.51. The van der Waals surface area contributed by atoms with Crippen molar-refractivity contribution in [3.05, 3.63) is 35.3 Å². The third-order valence-electron chi connectivity index (χ3n) is 2.62. The molecular weight excluding hydrogens is 197 g/mol. The van der Waals surface area contributed by atoms with Crippen LogP contribution in [0.25, 0.3) is 10.9 Å². The minimum Gasteiger partial charge on any atom is -0.477 e. The lowest BCUT2D eigenvalue weighted by Gasteiger charge is -1.98. The lowest BCUT2D eigenvalue weighted by Crippen LogP contribution is -2.05. The molecule has 3 nitrogen and oxygen atoms in total. The van der Waals surface area contributed by atoms with Crippen molar-refractivity contribution < 1.29 is 14.3 Å². The van der Waals surface area contributed by atoms with Crippen LogP contribution >= 0.6 is 0 Å². The second kappa shape index (κ2) is 3.08. The number of rotatable bonds is 1. The van der Waals surface area contributed by atoms with Gasteiger partial charge in [-0.1, -0.05) is 6.07 Å². The summed E-state index contributed by atoms with van der Waals surface area (Å²) in [5.74, 6) is -1.42. The van der Waals surface area contributed by atoms with Gasteiger partial charge in [-0.2, -0.15) is 0 Å². The van der Waals surface area contributed by atoms with Gasteiger partial charge in [0.25, 0.3) is 0 Å². The Labute approximate surface area is 85.7 Å². The van der Waals surface area contributed by atoms with Crippen LogP contribution in [-0.2, 0) is 7.05 Å². The van der Waals surface area contributed by atoms with Crippen molar-refractivity contribution in [2.45, 2.75) is 6.92 Å². The minimum absolute atomic E-state index is 0.134. The van der Waals surface area contributed by atoms with E-state index >= 15 is 0 Å². The monoisotopic (exact) mass is 207 g/mol. The summed E-state index contributed by atoms with van der Waals surface area (Å²) in [7, 11) is 1.62. The Morgan fingerprint density at radius 2 is 2.13 bits per heavy atom. The second-order valence-corrected chi connectivity index (χ2v) is 3.47. The van der Waals surface area contributed by atoms with Gasteiger partial charge in [-0.25, -0.2) is 9.18 Å². The highest BCUT2D eigenvalue weighted by Crippen LogP contribution is 2.26. The Morgan fingerprint density at radius 1 is 1.47 bits per heavy atom. The molecule has 1 aromatic carbocycles. The maximum absolute atomic E-state index is 13.5. The first kappa shape index (κ1) is 9.71. The van der Waals surface area contributed by atoms with E-state index in [4.69, 9.17) is 5.11 Å². The van der Waals surface area contributed by atoms with Crippen molar-refractivity contribution in [2.24, 2.45) is 7.05 Å². The lowest BCUT2D eigenvalue weighted by atomic mass is 10.1. The highest BCUT2D eigenvalue weighted by molar-refractivity contribution is 5.98. The van der Waals surface area contributed by atoms with Crippen molar-refractivity contribution in [3.8, 4) is 0 Å². The SMILES string of the molecule is Cc1c(C(=O)O)n(C)c2cccc(F)c12. The average molecular weight is 207 g/mol. The van der Waals surface area contributed by atoms with Crippen molar-refractivity contribution in [2.75, 3.05) is 0 Å². The number of aryl methyl sites for hydroxylation is 2. The van der Waals surface area contributed by atoms with Gasteiger partial charge in [0.1, 0.15) is 11.5 Å². The summed E-state index contributed by atoms with van der Waals surface area (Å²) in [5, 5.41) is 9.38. The zero-order valence-electron chi connectivity index (χ0n) is 8.41. The van der Waals surface area contributed by atoms with Crippen LogP contribution in [0.3, 0.4) is 0 Å². The van der Waals surface area contributed by atoms with E-state index in [0.717, 1.165) is 0 Å². The summed E-state index contributed by atoms with van der Waals surface area (Å²) in [6.45, 7) is 1.62. The van der Waals surface area contributed by atoms with Crippen molar-refractivity contribution >= 4 is 16.9 Å². The number of fused-ring (bicyclic) bond motifs is 1. The number of halogens is 1. The molecule has 78 valence electrons. The molecule has 0 fully saturated rings. The molecule has 0 amide bonds. The third kappa shape index (κ3) is 1.21. The van der Waals surface area contributed by atoms with E-state index in [0.29, 0.717) is 16.5 Å². The van der Waals surface area contributed by atoms with Gasteiger partial charge in [-0.05, 0) is 24.6 Å². The maximum Gasteiger partial charge on any atom is 0.352 e. The summed E-state index contributed by atoms with van der Waals surface area (Å²) >= 11 is 0. The van der Waals surface area contributed by atoms with Crippen LogP contribution < -0.4 is 0 Å². The summed E-state index contributed by atoms with van der Waals surface area (Å²) in [5.41, 5.74) is 1.21. The molecule has 4 heteroatoms.